The van der Waals surface area contributed by atoms with Crippen LogP contribution in [-0.4, -0.2) is 60.1 Å². The molecule has 3 N–H and O–H groups in total. The molecule has 0 saturated heterocycles. The Hall–Kier alpha value is -2.70. The molecule has 0 unspecified atom stereocenters. The van der Waals surface area contributed by atoms with Crippen molar-refractivity contribution in [3.63, 3.8) is 0 Å². The number of aliphatic hydroxyl groups excluding tert-OH is 1. The lowest BCUT2D eigenvalue weighted by Crippen LogP contribution is -2.48. The molecule has 0 fully saturated rings. The molecule has 2 amide bonds. The van der Waals surface area contributed by atoms with Gasteiger partial charge in [-0.2, -0.15) is 0 Å². The predicted octanol–water partition coefficient (Wildman–Crippen LogP) is 4.43. The van der Waals surface area contributed by atoms with Gasteiger partial charge >= 0.3 is 0 Å². The van der Waals surface area contributed by atoms with Crippen LogP contribution in [0.2, 0.25) is 0 Å². The van der Waals surface area contributed by atoms with Crippen molar-refractivity contribution in [1.29, 1.82) is 0 Å². The van der Waals surface area contributed by atoms with Crippen LogP contribution in [0.1, 0.15) is 79.2 Å². The first-order valence-electron chi connectivity index (χ1n) is 13.1. The maximum absolute atomic E-state index is 13.2. The summed E-state index contributed by atoms with van der Waals surface area (Å²) >= 11 is 0. The van der Waals surface area contributed by atoms with Crippen molar-refractivity contribution in [3.05, 3.63) is 71.3 Å². The number of carbonyl (C=O) groups is 2. The number of hydrogen-bond acceptors (Lipinski definition) is 4. The lowest BCUT2D eigenvalue weighted by molar-refractivity contribution is 0.0755. The number of benzene rings is 2. The van der Waals surface area contributed by atoms with E-state index >= 15 is 0 Å². The topological polar surface area (TPSA) is 81.7 Å². The lowest BCUT2D eigenvalue weighted by Gasteiger charge is -2.25. The molecule has 0 saturated carbocycles. The van der Waals surface area contributed by atoms with Crippen LogP contribution in [0, 0.1) is 0 Å². The fourth-order valence-corrected chi connectivity index (χ4v) is 4.13. The maximum Gasteiger partial charge on any atom is 0.253 e. The zero-order valence-electron chi connectivity index (χ0n) is 21.6. The second-order valence-corrected chi connectivity index (χ2v) is 9.12. The number of nitrogens with one attached hydrogen (secondary N) is 2. The van der Waals surface area contributed by atoms with Gasteiger partial charge in [-0.05, 0) is 56.0 Å². The van der Waals surface area contributed by atoms with Gasteiger partial charge in [0, 0.05) is 30.8 Å². The molecule has 2 atom stereocenters. The third-order valence-electron chi connectivity index (χ3n) is 6.04. The highest BCUT2D eigenvalue weighted by atomic mass is 16.3. The quantitative estimate of drug-likeness (QED) is 0.310. The average Bonchev–Trinajstić information content (AvgIpc) is 2.88. The van der Waals surface area contributed by atoms with Crippen LogP contribution in [0.5, 0.6) is 0 Å². The molecule has 0 aliphatic heterocycles. The van der Waals surface area contributed by atoms with Crippen molar-refractivity contribution in [2.75, 3.05) is 26.2 Å². The van der Waals surface area contributed by atoms with E-state index in [0.717, 1.165) is 44.2 Å². The second kappa shape index (κ2) is 16.1. The van der Waals surface area contributed by atoms with E-state index in [1.807, 2.05) is 35.2 Å². The molecule has 0 aromatic heterocycles. The molecule has 0 bridgehead atoms. The Morgan fingerprint density at radius 2 is 1.57 bits per heavy atom. The van der Waals surface area contributed by atoms with E-state index in [1.54, 1.807) is 24.3 Å². The van der Waals surface area contributed by atoms with Gasteiger partial charge in [0.15, 0.2) is 0 Å². The smallest absolute Gasteiger partial charge is 0.253 e. The maximum atomic E-state index is 13.2. The van der Waals surface area contributed by atoms with Gasteiger partial charge in [0.25, 0.3) is 11.8 Å². The number of carbonyl (C=O) groups excluding carboxylic acids is 2. The third kappa shape index (κ3) is 9.82. The predicted molar refractivity (Wildman–Crippen MR) is 143 cm³/mol. The van der Waals surface area contributed by atoms with E-state index in [4.69, 9.17) is 0 Å². The monoisotopic (exact) mass is 481 g/mol. The van der Waals surface area contributed by atoms with Gasteiger partial charge in [-0.1, -0.05) is 70.0 Å². The van der Waals surface area contributed by atoms with E-state index in [9.17, 15) is 14.7 Å². The highest BCUT2D eigenvalue weighted by Gasteiger charge is 2.23. The number of amides is 2. The summed E-state index contributed by atoms with van der Waals surface area (Å²) in [5.74, 6) is -0.344. The van der Waals surface area contributed by atoms with Gasteiger partial charge in [-0.15, -0.1) is 0 Å². The molecule has 35 heavy (non-hydrogen) atoms. The molecule has 6 heteroatoms. The molecule has 0 spiro atoms. The minimum Gasteiger partial charge on any atom is -0.390 e. The molecule has 0 aliphatic rings. The Morgan fingerprint density at radius 1 is 0.886 bits per heavy atom. The second-order valence-electron chi connectivity index (χ2n) is 9.12. The number of nitrogens with zero attached hydrogens (tertiary/aromatic N) is 1. The molecular weight excluding hydrogens is 438 g/mol. The average molecular weight is 482 g/mol. The van der Waals surface area contributed by atoms with Crippen molar-refractivity contribution in [1.82, 2.24) is 15.5 Å². The van der Waals surface area contributed by atoms with Crippen LogP contribution >= 0.6 is 0 Å². The highest BCUT2D eigenvalue weighted by molar-refractivity contribution is 5.99. The molecule has 2 rings (SSSR count). The zero-order valence-corrected chi connectivity index (χ0v) is 21.6. The van der Waals surface area contributed by atoms with Crippen LogP contribution in [0.25, 0.3) is 0 Å². The van der Waals surface area contributed by atoms with Gasteiger partial charge in [0.05, 0.1) is 12.1 Å². The molecule has 0 aliphatic carbocycles. The van der Waals surface area contributed by atoms with E-state index < -0.39 is 12.1 Å². The zero-order chi connectivity index (χ0) is 25.5. The minimum atomic E-state index is -0.741. The number of hydrogen-bond donors (Lipinski definition) is 3. The largest absolute Gasteiger partial charge is 0.390 e. The number of rotatable bonds is 16. The van der Waals surface area contributed by atoms with Gasteiger partial charge in [-0.25, -0.2) is 0 Å². The Morgan fingerprint density at radius 3 is 2.23 bits per heavy atom. The summed E-state index contributed by atoms with van der Waals surface area (Å²) < 4.78 is 0. The summed E-state index contributed by atoms with van der Waals surface area (Å²) in [4.78, 5) is 28.0. The Labute approximate surface area is 211 Å². The van der Waals surface area contributed by atoms with E-state index in [-0.39, 0.29) is 11.8 Å². The Kier molecular flexibility index (Phi) is 13.1. The summed E-state index contributed by atoms with van der Waals surface area (Å²) in [7, 11) is 0. The first kappa shape index (κ1) is 28.5. The molecular formula is C29H43N3O3. The normalized spacial score (nSPS) is 12.7. The minimum absolute atomic E-state index is 0.0551. The van der Waals surface area contributed by atoms with Crippen LogP contribution in [-0.2, 0) is 6.42 Å². The first-order valence-corrected chi connectivity index (χ1v) is 13.1. The molecule has 0 heterocycles. The van der Waals surface area contributed by atoms with Gasteiger partial charge < -0.3 is 20.6 Å². The van der Waals surface area contributed by atoms with Crippen molar-refractivity contribution in [2.24, 2.45) is 0 Å². The van der Waals surface area contributed by atoms with Gasteiger partial charge in [-0.3, -0.25) is 9.59 Å². The molecule has 6 nitrogen and oxygen atoms in total. The number of unbranched alkanes of at least 4 members (excludes halogenated alkanes) is 2. The van der Waals surface area contributed by atoms with E-state index in [2.05, 4.69) is 31.4 Å². The van der Waals surface area contributed by atoms with Crippen molar-refractivity contribution in [2.45, 2.75) is 71.4 Å². The first-order chi connectivity index (χ1) is 17.0. The van der Waals surface area contributed by atoms with Crippen LogP contribution < -0.4 is 10.6 Å². The summed E-state index contributed by atoms with van der Waals surface area (Å²) in [6, 6.07) is 16.3. The summed E-state index contributed by atoms with van der Waals surface area (Å²) in [5, 5.41) is 17.3. The highest BCUT2D eigenvalue weighted by Crippen LogP contribution is 2.12. The van der Waals surface area contributed by atoms with Crippen molar-refractivity contribution >= 4 is 11.8 Å². The molecule has 2 aromatic carbocycles. The SMILES string of the molecule is CCCCCNC[C@@H](O)[C@H](Cc1ccccc1)NC(=O)c1cccc(C(=O)N(CCC)CCC)c1. The van der Waals surface area contributed by atoms with E-state index in [0.29, 0.717) is 37.2 Å². The van der Waals surface area contributed by atoms with E-state index in [1.165, 1.54) is 0 Å². The summed E-state index contributed by atoms with van der Waals surface area (Å²) in [6.45, 7) is 8.90. The number of aliphatic hydroxyl groups is 1. The lowest BCUT2D eigenvalue weighted by atomic mass is 10.00. The van der Waals surface area contributed by atoms with Crippen LogP contribution in [0.3, 0.4) is 0 Å². The Bertz CT molecular complexity index is 882. The molecule has 2 aromatic rings. The van der Waals surface area contributed by atoms with Gasteiger partial charge in [0.1, 0.15) is 0 Å². The van der Waals surface area contributed by atoms with Crippen molar-refractivity contribution < 1.29 is 14.7 Å². The van der Waals surface area contributed by atoms with Gasteiger partial charge in [0.2, 0.25) is 0 Å². The van der Waals surface area contributed by atoms with Crippen molar-refractivity contribution in [3.8, 4) is 0 Å². The fraction of sp³-hybridized carbons (Fsp3) is 0.517. The Balaban J connectivity index is 2.12. The molecule has 0 radical (unpaired) electrons. The fourth-order valence-electron chi connectivity index (χ4n) is 4.13. The summed E-state index contributed by atoms with van der Waals surface area (Å²) in [5.41, 5.74) is 1.98. The third-order valence-corrected chi connectivity index (χ3v) is 6.04. The van der Waals surface area contributed by atoms with Crippen LogP contribution in [0.15, 0.2) is 54.6 Å². The standard InChI is InChI=1S/C29H43N3O3/c1-4-7-11-17-30-22-27(33)26(20-23-13-9-8-10-14-23)31-28(34)24-15-12-16-25(21-24)29(35)32(18-5-2)19-6-3/h8-10,12-16,21,26-27,30,33H,4-7,11,17-20,22H2,1-3H3,(H,31,34)/t26-,27+/m0/s1. The summed E-state index contributed by atoms with van der Waals surface area (Å²) in [6.07, 6.45) is 4.91. The van der Waals surface area contributed by atoms with Crippen LogP contribution in [0.4, 0.5) is 0 Å². The molecule has 192 valence electrons.